The van der Waals surface area contributed by atoms with Crippen LogP contribution in [0.4, 0.5) is 14.9 Å². The summed E-state index contributed by atoms with van der Waals surface area (Å²) in [4.78, 5) is 11.3. The van der Waals surface area contributed by atoms with Gasteiger partial charge in [-0.1, -0.05) is 0 Å². The highest BCUT2D eigenvalue weighted by atomic mass is 19.1. The molecule has 1 aromatic carbocycles. The lowest BCUT2D eigenvalue weighted by Crippen LogP contribution is -2.34. The molecule has 0 heterocycles. The molecule has 1 rings (SSSR count). The maximum absolute atomic E-state index is 12.8. The van der Waals surface area contributed by atoms with E-state index in [0.29, 0.717) is 11.3 Å². The summed E-state index contributed by atoms with van der Waals surface area (Å²) in [6, 6.07) is 4.04. The number of benzene rings is 1. The molecule has 0 radical (unpaired) electrons. The molecule has 0 atom stereocenters. The van der Waals surface area contributed by atoms with Crippen LogP contribution in [0.5, 0.6) is 0 Å². The summed E-state index contributed by atoms with van der Waals surface area (Å²) in [7, 11) is 0. The first-order chi connectivity index (χ1) is 6.99. The van der Waals surface area contributed by atoms with Gasteiger partial charge in [0.05, 0.1) is 0 Å². The van der Waals surface area contributed by atoms with Crippen LogP contribution in [0, 0.1) is 12.7 Å². The molecule has 0 fully saturated rings. The van der Waals surface area contributed by atoms with Gasteiger partial charge in [-0.05, 0) is 44.5 Å². The predicted octanol–water partition coefficient (Wildman–Crippen LogP) is 2.66. The fourth-order valence-electron chi connectivity index (χ4n) is 1.19. The van der Waals surface area contributed by atoms with Gasteiger partial charge in [0.2, 0.25) is 0 Å². The van der Waals surface area contributed by atoms with Crippen molar-refractivity contribution < 1.29 is 9.18 Å². The normalized spacial score (nSPS) is 10.2. The van der Waals surface area contributed by atoms with Gasteiger partial charge in [0.1, 0.15) is 5.82 Å². The van der Waals surface area contributed by atoms with Gasteiger partial charge < -0.3 is 10.6 Å². The molecular formula is C11H15FN2O. The number of amides is 2. The van der Waals surface area contributed by atoms with Crippen molar-refractivity contribution in [2.75, 3.05) is 5.32 Å². The van der Waals surface area contributed by atoms with Crippen LogP contribution in [0.1, 0.15) is 19.4 Å². The molecule has 0 unspecified atom stereocenters. The van der Waals surface area contributed by atoms with E-state index in [9.17, 15) is 9.18 Å². The lowest BCUT2D eigenvalue weighted by molar-refractivity contribution is 0.250. The fourth-order valence-corrected chi connectivity index (χ4v) is 1.19. The predicted molar refractivity (Wildman–Crippen MR) is 58.4 cm³/mol. The molecule has 2 amide bonds. The zero-order valence-corrected chi connectivity index (χ0v) is 9.10. The minimum atomic E-state index is -0.303. The summed E-state index contributed by atoms with van der Waals surface area (Å²) in [6.45, 7) is 5.49. The molecule has 15 heavy (non-hydrogen) atoms. The lowest BCUT2D eigenvalue weighted by Gasteiger charge is -2.11. The topological polar surface area (TPSA) is 41.1 Å². The Labute approximate surface area is 88.7 Å². The van der Waals surface area contributed by atoms with Crippen molar-refractivity contribution in [3.8, 4) is 0 Å². The van der Waals surface area contributed by atoms with Crippen molar-refractivity contribution >= 4 is 11.7 Å². The Hall–Kier alpha value is -1.58. The summed E-state index contributed by atoms with van der Waals surface area (Å²) in [6.07, 6.45) is 0. The molecule has 3 nitrogen and oxygen atoms in total. The Morgan fingerprint density at radius 2 is 2.07 bits per heavy atom. The van der Waals surface area contributed by atoms with Gasteiger partial charge in [-0.25, -0.2) is 9.18 Å². The van der Waals surface area contributed by atoms with Crippen molar-refractivity contribution in [2.45, 2.75) is 26.8 Å². The third-order valence-corrected chi connectivity index (χ3v) is 1.86. The zero-order valence-electron chi connectivity index (χ0n) is 9.10. The van der Waals surface area contributed by atoms with Gasteiger partial charge in [-0.15, -0.1) is 0 Å². The highest BCUT2D eigenvalue weighted by molar-refractivity contribution is 5.90. The van der Waals surface area contributed by atoms with Crippen LogP contribution in [0.15, 0.2) is 18.2 Å². The fraction of sp³-hybridized carbons (Fsp3) is 0.364. The molecule has 0 spiro atoms. The van der Waals surface area contributed by atoms with Gasteiger partial charge in [0.25, 0.3) is 0 Å². The first kappa shape index (κ1) is 11.5. The average Bonchev–Trinajstić information content (AvgIpc) is 2.08. The van der Waals surface area contributed by atoms with Gasteiger partial charge in [0.15, 0.2) is 0 Å². The van der Waals surface area contributed by atoms with E-state index in [2.05, 4.69) is 10.6 Å². The molecule has 0 bridgehead atoms. The van der Waals surface area contributed by atoms with Gasteiger partial charge in [-0.3, -0.25) is 0 Å². The number of halogens is 1. The van der Waals surface area contributed by atoms with Crippen LogP contribution < -0.4 is 10.6 Å². The van der Waals surface area contributed by atoms with Crippen LogP contribution in [-0.2, 0) is 0 Å². The number of urea groups is 1. The number of hydrogen-bond donors (Lipinski definition) is 2. The van der Waals surface area contributed by atoms with E-state index >= 15 is 0 Å². The van der Waals surface area contributed by atoms with E-state index in [1.54, 1.807) is 13.0 Å². The minimum Gasteiger partial charge on any atom is -0.336 e. The monoisotopic (exact) mass is 210 g/mol. The summed E-state index contributed by atoms with van der Waals surface area (Å²) in [5, 5.41) is 5.34. The summed E-state index contributed by atoms with van der Waals surface area (Å²) in [5.41, 5.74) is 1.32. The maximum Gasteiger partial charge on any atom is 0.319 e. The van der Waals surface area contributed by atoms with Crippen LogP contribution >= 0.6 is 0 Å². The first-order valence-electron chi connectivity index (χ1n) is 4.82. The number of carbonyl (C=O) groups is 1. The quantitative estimate of drug-likeness (QED) is 0.774. The number of nitrogens with one attached hydrogen (secondary N) is 2. The van der Waals surface area contributed by atoms with E-state index in [4.69, 9.17) is 0 Å². The van der Waals surface area contributed by atoms with Crippen molar-refractivity contribution in [3.05, 3.63) is 29.6 Å². The second-order valence-corrected chi connectivity index (χ2v) is 3.71. The van der Waals surface area contributed by atoms with Crippen LogP contribution in [0.25, 0.3) is 0 Å². The minimum absolute atomic E-state index is 0.0748. The molecule has 4 heteroatoms. The van der Waals surface area contributed by atoms with Crippen molar-refractivity contribution in [2.24, 2.45) is 0 Å². The second kappa shape index (κ2) is 4.77. The largest absolute Gasteiger partial charge is 0.336 e. The molecule has 82 valence electrons. The highest BCUT2D eigenvalue weighted by Crippen LogP contribution is 2.15. The molecule has 1 aromatic rings. The van der Waals surface area contributed by atoms with Crippen LogP contribution in [-0.4, -0.2) is 12.1 Å². The molecular weight excluding hydrogens is 195 g/mol. The molecule has 0 aliphatic rings. The lowest BCUT2D eigenvalue weighted by atomic mass is 10.2. The Morgan fingerprint density at radius 1 is 1.40 bits per heavy atom. The SMILES string of the molecule is Cc1cc(F)ccc1NC(=O)NC(C)C. The van der Waals surface area contributed by atoms with E-state index < -0.39 is 0 Å². The number of anilines is 1. The van der Waals surface area contributed by atoms with Gasteiger partial charge >= 0.3 is 6.03 Å². The first-order valence-corrected chi connectivity index (χ1v) is 4.82. The highest BCUT2D eigenvalue weighted by Gasteiger charge is 2.05. The standard InChI is InChI=1S/C11H15FN2O/c1-7(2)13-11(15)14-10-5-4-9(12)6-8(10)3/h4-7H,1-3H3,(H2,13,14,15). The van der Waals surface area contributed by atoms with E-state index in [1.807, 2.05) is 13.8 Å². The molecule has 2 N–H and O–H groups in total. The third kappa shape index (κ3) is 3.58. The second-order valence-electron chi connectivity index (χ2n) is 3.71. The maximum atomic E-state index is 12.8. The number of aryl methyl sites for hydroxylation is 1. The molecule has 0 aromatic heterocycles. The van der Waals surface area contributed by atoms with Crippen LogP contribution in [0.2, 0.25) is 0 Å². The van der Waals surface area contributed by atoms with E-state index in [0.717, 1.165) is 0 Å². The Morgan fingerprint density at radius 3 is 2.60 bits per heavy atom. The van der Waals surface area contributed by atoms with E-state index in [1.165, 1.54) is 12.1 Å². The van der Waals surface area contributed by atoms with Crippen molar-refractivity contribution in [1.29, 1.82) is 0 Å². The van der Waals surface area contributed by atoms with E-state index in [-0.39, 0.29) is 17.9 Å². The average molecular weight is 210 g/mol. The molecule has 0 aliphatic carbocycles. The van der Waals surface area contributed by atoms with Crippen molar-refractivity contribution in [3.63, 3.8) is 0 Å². The van der Waals surface area contributed by atoms with Gasteiger partial charge in [0, 0.05) is 11.7 Å². The van der Waals surface area contributed by atoms with Crippen LogP contribution in [0.3, 0.4) is 0 Å². The third-order valence-electron chi connectivity index (χ3n) is 1.86. The summed E-state index contributed by atoms with van der Waals surface area (Å²) in [5.74, 6) is -0.303. The Bertz CT molecular complexity index is 364. The molecule has 0 aliphatic heterocycles. The number of rotatable bonds is 2. The number of carbonyl (C=O) groups excluding carboxylic acids is 1. The smallest absolute Gasteiger partial charge is 0.319 e. The zero-order chi connectivity index (χ0) is 11.4. The summed E-state index contributed by atoms with van der Waals surface area (Å²) < 4.78 is 12.8. The Balaban J connectivity index is 2.68. The molecule has 0 saturated carbocycles. The number of hydrogen-bond acceptors (Lipinski definition) is 1. The van der Waals surface area contributed by atoms with Gasteiger partial charge in [-0.2, -0.15) is 0 Å². The molecule has 0 saturated heterocycles. The summed E-state index contributed by atoms with van der Waals surface area (Å²) >= 11 is 0. The van der Waals surface area contributed by atoms with Crippen molar-refractivity contribution in [1.82, 2.24) is 5.32 Å². The Kier molecular flexibility index (Phi) is 3.66.